The highest BCUT2D eigenvalue weighted by Gasteiger charge is 2.46. The molecule has 0 saturated heterocycles. The molecule has 1 nitrogen and oxygen atoms in total. The Hall–Kier alpha value is -9.08. The summed E-state index contributed by atoms with van der Waals surface area (Å²) in [6.45, 7) is 0. The van der Waals surface area contributed by atoms with Crippen LogP contribution in [0.2, 0.25) is 0 Å². The van der Waals surface area contributed by atoms with Gasteiger partial charge in [-0.05, 0) is 149 Å². The van der Waals surface area contributed by atoms with Crippen LogP contribution in [-0.2, 0) is 5.41 Å². The van der Waals surface area contributed by atoms with E-state index in [-0.39, 0.29) is 0 Å². The van der Waals surface area contributed by atoms with Gasteiger partial charge in [-0.3, -0.25) is 0 Å². The van der Waals surface area contributed by atoms with E-state index in [1.807, 2.05) is 11.3 Å². The SMILES string of the molecule is c1ccc(C2(c3ccccc3)c3ccccc3-c3ccc(-c4ccc(N(c5ccc(-c6cccc(-c7cccc8c7sc7ccccc78)c6)cc5)c5cccc(-c6ccc7ccccc7c6)c5)cc4)cc32)cc1. The van der Waals surface area contributed by atoms with Gasteiger partial charge in [0.2, 0.25) is 0 Å². The number of thiophene rings is 1. The van der Waals surface area contributed by atoms with Gasteiger partial charge in [0.1, 0.15) is 0 Å². The summed E-state index contributed by atoms with van der Waals surface area (Å²) in [5.74, 6) is 0. The van der Waals surface area contributed by atoms with Crippen molar-refractivity contribution >= 4 is 59.3 Å². The number of nitrogens with zero attached hydrogens (tertiary/aromatic N) is 1. The molecular formula is C71H47NS. The van der Waals surface area contributed by atoms with Gasteiger partial charge < -0.3 is 4.90 Å². The topological polar surface area (TPSA) is 3.24 Å². The predicted molar refractivity (Wildman–Crippen MR) is 311 cm³/mol. The Morgan fingerprint density at radius 1 is 0.274 bits per heavy atom. The molecule has 73 heavy (non-hydrogen) atoms. The minimum absolute atomic E-state index is 0.460. The Balaban J connectivity index is 0.858. The first-order chi connectivity index (χ1) is 36.2. The number of hydrogen-bond donors (Lipinski definition) is 0. The first kappa shape index (κ1) is 42.8. The Kier molecular flexibility index (Phi) is 10.3. The zero-order valence-corrected chi connectivity index (χ0v) is 40.8. The van der Waals surface area contributed by atoms with Crippen LogP contribution in [0.1, 0.15) is 22.3 Å². The van der Waals surface area contributed by atoms with E-state index in [2.05, 4.69) is 290 Å². The first-order valence-corrected chi connectivity index (χ1v) is 26.0. The van der Waals surface area contributed by atoms with Crippen LogP contribution in [0.25, 0.3) is 86.6 Å². The number of fused-ring (bicyclic) bond motifs is 7. The zero-order chi connectivity index (χ0) is 48.3. The van der Waals surface area contributed by atoms with Crippen molar-refractivity contribution in [3.05, 3.63) is 307 Å². The molecule has 14 rings (SSSR count). The van der Waals surface area contributed by atoms with Crippen LogP contribution in [0, 0.1) is 0 Å². The molecule has 0 aliphatic heterocycles. The molecule has 0 amide bonds. The van der Waals surface area contributed by atoms with Crippen LogP contribution >= 0.6 is 11.3 Å². The maximum atomic E-state index is 2.45. The molecule has 0 unspecified atom stereocenters. The molecule has 0 atom stereocenters. The van der Waals surface area contributed by atoms with Crippen molar-refractivity contribution in [1.29, 1.82) is 0 Å². The summed E-state index contributed by atoms with van der Waals surface area (Å²) in [5, 5.41) is 5.11. The van der Waals surface area contributed by atoms with Crippen molar-refractivity contribution in [3.8, 4) is 55.6 Å². The van der Waals surface area contributed by atoms with E-state index in [9.17, 15) is 0 Å². The van der Waals surface area contributed by atoms with Gasteiger partial charge in [-0.15, -0.1) is 11.3 Å². The van der Waals surface area contributed by atoms with Gasteiger partial charge in [0, 0.05) is 37.2 Å². The van der Waals surface area contributed by atoms with Crippen LogP contribution in [0.3, 0.4) is 0 Å². The normalized spacial score (nSPS) is 12.5. The minimum Gasteiger partial charge on any atom is -0.310 e. The van der Waals surface area contributed by atoms with Gasteiger partial charge in [-0.1, -0.05) is 224 Å². The van der Waals surface area contributed by atoms with Crippen LogP contribution in [0.4, 0.5) is 17.1 Å². The highest BCUT2D eigenvalue weighted by molar-refractivity contribution is 7.26. The van der Waals surface area contributed by atoms with Crippen molar-refractivity contribution in [2.45, 2.75) is 5.41 Å². The van der Waals surface area contributed by atoms with Crippen LogP contribution in [0.5, 0.6) is 0 Å². The molecule has 13 aromatic rings. The molecule has 1 heterocycles. The zero-order valence-electron chi connectivity index (χ0n) is 40.0. The third-order valence-electron chi connectivity index (χ3n) is 15.1. The molecule has 0 N–H and O–H groups in total. The average Bonchev–Trinajstić information content (AvgIpc) is 4.00. The highest BCUT2D eigenvalue weighted by atomic mass is 32.1. The monoisotopic (exact) mass is 945 g/mol. The average molecular weight is 946 g/mol. The molecule has 12 aromatic carbocycles. The lowest BCUT2D eigenvalue weighted by atomic mass is 9.67. The number of benzene rings is 12. The lowest BCUT2D eigenvalue weighted by molar-refractivity contribution is 0.769. The van der Waals surface area contributed by atoms with E-state index in [4.69, 9.17) is 0 Å². The molecule has 1 aromatic heterocycles. The summed E-state index contributed by atoms with van der Waals surface area (Å²) >= 11 is 1.88. The lowest BCUT2D eigenvalue weighted by Gasteiger charge is -2.34. The standard InChI is InChI=1S/C71H47NS/c1-3-21-57(22-4-1)71(58-23-5-2-6-24-58)67-30-11-9-26-63(67)64-43-38-55(47-68(64)71)50-36-41-60(42-37-50)72(61-25-14-19-53(46-61)54-33-32-48-16-7-8-17-51(48)44-54)59-39-34-49(35-40-59)52-18-13-20-56(45-52)62-28-15-29-66-65-27-10-12-31-69(65)73-70(62)66/h1-47H. The number of anilines is 3. The molecule has 1 aliphatic rings. The van der Waals surface area contributed by atoms with Crippen molar-refractivity contribution in [2.75, 3.05) is 4.90 Å². The first-order valence-electron chi connectivity index (χ1n) is 25.1. The van der Waals surface area contributed by atoms with Gasteiger partial charge in [-0.25, -0.2) is 0 Å². The summed E-state index contributed by atoms with van der Waals surface area (Å²) in [5.41, 5.74) is 20.1. The fourth-order valence-electron chi connectivity index (χ4n) is 11.7. The van der Waals surface area contributed by atoms with E-state index < -0.39 is 5.41 Å². The molecule has 342 valence electrons. The van der Waals surface area contributed by atoms with E-state index in [1.54, 1.807) is 0 Å². The molecule has 1 aliphatic carbocycles. The van der Waals surface area contributed by atoms with Gasteiger partial charge >= 0.3 is 0 Å². The van der Waals surface area contributed by atoms with Crippen LogP contribution < -0.4 is 4.90 Å². The molecule has 0 radical (unpaired) electrons. The number of rotatable bonds is 9. The molecular weight excluding hydrogens is 899 g/mol. The quantitative estimate of drug-likeness (QED) is 0.139. The predicted octanol–water partition coefficient (Wildman–Crippen LogP) is 19.7. The summed E-state index contributed by atoms with van der Waals surface area (Å²) in [6.07, 6.45) is 0. The fraction of sp³-hybridized carbons (Fsp3) is 0.0141. The van der Waals surface area contributed by atoms with Gasteiger partial charge in [0.05, 0.1) is 5.41 Å². The Bertz CT molecular complexity index is 4150. The third-order valence-corrected chi connectivity index (χ3v) is 16.4. The summed E-state index contributed by atoms with van der Waals surface area (Å²) in [7, 11) is 0. The lowest BCUT2D eigenvalue weighted by Crippen LogP contribution is -2.28. The Morgan fingerprint density at radius 3 is 1.55 bits per heavy atom. The van der Waals surface area contributed by atoms with Crippen LogP contribution in [0.15, 0.2) is 285 Å². The number of hydrogen-bond acceptors (Lipinski definition) is 2. The van der Waals surface area contributed by atoms with Crippen molar-refractivity contribution in [3.63, 3.8) is 0 Å². The van der Waals surface area contributed by atoms with Crippen molar-refractivity contribution in [2.24, 2.45) is 0 Å². The molecule has 0 fully saturated rings. The summed E-state index contributed by atoms with van der Waals surface area (Å²) < 4.78 is 2.65. The van der Waals surface area contributed by atoms with E-state index >= 15 is 0 Å². The fourth-order valence-corrected chi connectivity index (χ4v) is 12.9. The summed E-state index contributed by atoms with van der Waals surface area (Å²) in [4.78, 5) is 2.39. The van der Waals surface area contributed by atoms with E-state index in [0.29, 0.717) is 0 Å². The molecule has 0 spiro atoms. The highest BCUT2D eigenvalue weighted by Crippen LogP contribution is 2.57. The van der Waals surface area contributed by atoms with Crippen molar-refractivity contribution < 1.29 is 0 Å². The smallest absolute Gasteiger partial charge is 0.0713 e. The summed E-state index contributed by atoms with van der Waals surface area (Å²) in [6, 6.07) is 105. The van der Waals surface area contributed by atoms with Gasteiger partial charge in [0.15, 0.2) is 0 Å². The van der Waals surface area contributed by atoms with Crippen molar-refractivity contribution in [1.82, 2.24) is 0 Å². The Morgan fingerprint density at radius 2 is 0.795 bits per heavy atom. The van der Waals surface area contributed by atoms with Gasteiger partial charge in [-0.2, -0.15) is 0 Å². The van der Waals surface area contributed by atoms with Gasteiger partial charge in [0.25, 0.3) is 0 Å². The second kappa shape index (κ2) is 17.6. The minimum atomic E-state index is -0.460. The largest absolute Gasteiger partial charge is 0.310 e. The second-order valence-corrected chi connectivity index (χ2v) is 20.2. The molecule has 2 heteroatoms. The van der Waals surface area contributed by atoms with E-state index in [0.717, 1.165) is 17.1 Å². The van der Waals surface area contributed by atoms with Crippen LogP contribution in [-0.4, -0.2) is 0 Å². The van der Waals surface area contributed by atoms with E-state index in [1.165, 1.54) is 109 Å². The second-order valence-electron chi connectivity index (χ2n) is 19.2. The Labute approximate surface area is 430 Å². The maximum Gasteiger partial charge on any atom is 0.0713 e. The molecule has 0 saturated carbocycles. The third kappa shape index (κ3) is 7.21. The maximum absolute atomic E-state index is 2.45. The molecule has 0 bridgehead atoms.